The van der Waals surface area contributed by atoms with E-state index in [1.807, 2.05) is 11.4 Å². The third kappa shape index (κ3) is 2.14. The molecular formula is C13H8F2N2OS2. The molecule has 0 aliphatic heterocycles. The summed E-state index contributed by atoms with van der Waals surface area (Å²) < 4.78 is 28.7. The molecule has 0 aliphatic rings. The number of nitrogens with one attached hydrogen (secondary N) is 1. The zero-order valence-corrected chi connectivity index (χ0v) is 11.6. The number of nitrogen functional groups attached to an aromatic ring is 1. The number of benzene rings is 1. The SMILES string of the molecule is Nc1ccc(F)c(F)c1NC(=O)c1cc2sccc2s1. The molecule has 0 spiro atoms. The standard InChI is InChI=1S/C13H8F2N2OS2/c14-6-1-2-7(16)12(11(6)15)17-13(18)10-5-9-8(20-10)3-4-19-9/h1-5H,16H2,(H,17,18). The minimum Gasteiger partial charge on any atom is -0.397 e. The third-order valence-electron chi connectivity index (χ3n) is 2.73. The van der Waals surface area contributed by atoms with E-state index < -0.39 is 17.5 Å². The van der Waals surface area contributed by atoms with E-state index in [-0.39, 0.29) is 11.4 Å². The van der Waals surface area contributed by atoms with E-state index in [1.165, 1.54) is 28.7 Å². The van der Waals surface area contributed by atoms with E-state index >= 15 is 0 Å². The van der Waals surface area contributed by atoms with Crippen LogP contribution in [0.3, 0.4) is 0 Å². The van der Waals surface area contributed by atoms with Crippen molar-refractivity contribution in [2.24, 2.45) is 0 Å². The smallest absolute Gasteiger partial charge is 0.265 e. The Morgan fingerprint density at radius 3 is 2.75 bits per heavy atom. The molecule has 3 N–H and O–H groups in total. The highest BCUT2D eigenvalue weighted by molar-refractivity contribution is 7.27. The second-order valence-electron chi connectivity index (χ2n) is 4.04. The van der Waals surface area contributed by atoms with Crippen molar-refractivity contribution < 1.29 is 13.6 Å². The number of thiophene rings is 2. The summed E-state index contributed by atoms with van der Waals surface area (Å²) in [5.41, 5.74) is 5.21. The van der Waals surface area contributed by atoms with E-state index in [4.69, 9.17) is 5.73 Å². The maximum atomic E-state index is 13.6. The largest absolute Gasteiger partial charge is 0.397 e. The fourth-order valence-corrected chi connectivity index (χ4v) is 3.75. The molecular weight excluding hydrogens is 302 g/mol. The van der Waals surface area contributed by atoms with Gasteiger partial charge in [-0.1, -0.05) is 0 Å². The minimum atomic E-state index is -1.16. The van der Waals surface area contributed by atoms with Crippen LogP contribution in [-0.2, 0) is 0 Å². The Kier molecular flexibility index (Phi) is 3.15. The van der Waals surface area contributed by atoms with Crippen molar-refractivity contribution in [1.82, 2.24) is 0 Å². The molecule has 1 aromatic carbocycles. The summed E-state index contributed by atoms with van der Waals surface area (Å²) in [5, 5.41) is 4.25. The number of hydrogen-bond acceptors (Lipinski definition) is 4. The van der Waals surface area contributed by atoms with Gasteiger partial charge in [0, 0.05) is 9.40 Å². The quantitative estimate of drug-likeness (QED) is 0.701. The van der Waals surface area contributed by atoms with Crippen molar-refractivity contribution >= 4 is 49.4 Å². The zero-order valence-electron chi connectivity index (χ0n) is 9.94. The minimum absolute atomic E-state index is 0.0179. The summed E-state index contributed by atoms with van der Waals surface area (Å²) in [7, 11) is 0. The van der Waals surface area contributed by atoms with Gasteiger partial charge in [0.1, 0.15) is 5.69 Å². The number of anilines is 2. The number of carbonyl (C=O) groups is 1. The van der Waals surface area contributed by atoms with E-state index in [1.54, 1.807) is 6.07 Å². The molecule has 0 unspecified atom stereocenters. The van der Waals surface area contributed by atoms with Crippen LogP contribution < -0.4 is 11.1 Å². The lowest BCUT2D eigenvalue weighted by Crippen LogP contribution is -2.13. The van der Waals surface area contributed by atoms with Crippen LogP contribution >= 0.6 is 22.7 Å². The summed E-state index contributed by atoms with van der Waals surface area (Å²) in [6.45, 7) is 0. The Morgan fingerprint density at radius 1 is 1.20 bits per heavy atom. The van der Waals surface area contributed by atoms with Crippen molar-refractivity contribution in [1.29, 1.82) is 0 Å². The highest BCUT2D eigenvalue weighted by atomic mass is 32.1. The van der Waals surface area contributed by atoms with Crippen LogP contribution in [0.4, 0.5) is 20.2 Å². The summed E-state index contributed by atoms with van der Waals surface area (Å²) in [4.78, 5) is 12.5. The molecule has 0 saturated heterocycles. The topological polar surface area (TPSA) is 55.1 Å². The molecule has 0 radical (unpaired) electrons. The van der Waals surface area contributed by atoms with Gasteiger partial charge in [-0.25, -0.2) is 8.78 Å². The number of amides is 1. The summed E-state index contributed by atoms with van der Waals surface area (Å²) in [5.74, 6) is -2.71. The summed E-state index contributed by atoms with van der Waals surface area (Å²) in [6, 6.07) is 5.74. The Hall–Kier alpha value is -1.99. The van der Waals surface area contributed by atoms with Gasteiger partial charge >= 0.3 is 0 Å². The van der Waals surface area contributed by atoms with E-state index in [9.17, 15) is 13.6 Å². The lowest BCUT2D eigenvalue weighted by atomic mass is 10.2. The first-order chi connectivity index (χ1) is 9.56. The lowest BCUT2D eigenvalue weighted by molar-refractivity contribution is 0.103. The monoisotopic (exact) mass is 310 g/mol. The molecule has 1 amide bonds. The van der Waals surface area contributed by atoms with Gasteiger partial charge in [0.25, 0.3) is 5.91 Å². The van der Waals surface area contributed by atoms with Crippen LogP contribution in [0.1, 0.15) is 9.67 Å². The Morgan fingerprint density at radius 2 is 2.00 bits per heavy atom. The zero-order chi connectivity index (χ0) is 14.3. The number of rotatable bonds is 2. The average molecular weight is 310 g/mol. The Labute approximate surface area is 120 Å². The van der Waals surface area contributed by atoms with Crippen LogP contribution in [0.2, 0.25) is 0 Å². The molecule has 0 aliphatic carbocycles. The molecule has 0 saturated carbocycles. The predicted molar refractivity (Wildman–Crippen MR) is 78.4 cm³/mol. The molecule has 2 heterocycles. The maximum Gasteiger partial charge on any atom is 0.265 e. The van der Waals surface area contributed by atoms with Gasteiger partial charge < -0.3 is 11.1 Å². The molecule has 20 heavy (non-hydrogen) atoms. The van der Waals surface area contributed by atoms with Crippen molar-refractivity contribution in [2.75, 3.05) is 11.1 Å². The molecule has 3 rings (SSSR count). The molecule has 3 aromatic rings. The first kappa shape index (κ1) is 13.0. The van der Waals surface area contributed by atoms with Gasteiger partial charge in [0.15, 0.2) is 11.6 Å². The van der Waals surface area contributed by atoms with Crippen molar-refractivity contribution in [3.05, 3.63) is 46.2 Å². The first-order valence-electron chi connectivity index (χ1n) is 5.58. The van der Waals surface area contributed by atoms with Crippen molar-refractivity contribution in [2.45, 2.75) is 0 Å². The number of nitrogens with two attached hydrogens (primary N) is 1. The van der Waals surface area contributed by atoms with Gasteiger partial charge in [-0.2, -0.15) is 0 Å². The van der Waals surface area contributed by atoms with Gasteiger partial charge in [0.2, 0.25) is 0 Å². The average Bonchev–Trinajstić information content (AvgIpc) is 3.00. The van der Waals surface area contributed by atoms with Crippen LogP contribution in [0, 0.1) is 11.6 Å². The molecule has 2 aromatic heterocycles. The Balaban J connectivity index is 1.93. The molecule has 3 nitrogen and oxygen atoms in total. The molecule has 0 fully saturated rings. The number of hydrogen-bond donors (Lipinski definition) is 2. The summed E-state index contributed by atoms with van der Waals surface area (Å²) >= 11 is 2.80. The lowest BCUT2D eigenvalue weighted by Gasteiger charge is -2.08. The van der Waals surface area contributed by atoms with Crippen LogP contribution in [0.5, 0.6) is 0 Å². The van der Waals surface area contributed by atoms with Crippen molar-refractivity contribution in [3.8, 4) is 0 Å². The van der Waals surface area contributed by atoms with Gasteiger partial charge in [-0.15, -0.1) is 22.7 Å². The van der Waals surface area contributed by atoms with E-state index in [0.717, 1.165) is 15.5 Å². The predicted octanol–water partition coefficient (Wildman–Crippen LogP) is 4.08. The molecule has 0 bridgehead atoms. The molecule has 102 valence electrons. The van der Waals surface area contributed by atoms with Crippen LogP contribution in [0.15, 0.2) is 29.6 Å². The summed E-state index contributed by atoms with van der Waals surface area (Å²) in [6.07, 6.45) is 0. The van der Waals surface area contributed by atoms with Gasteiger partial charge in [-0.3, -0.25) is 4.79 Å². The van der Waals surface area contributed by atoms with Crippen LogP contribution in [0.25, 0.3) is 9.40 Å². The second kappa shape index (κ2) is 4.84. The number of fused-ring (bicyclic) bond motifs is 1. The first-order valence-corrected chi connectivity index (χ1v) is 7.28. The van der Waals surface area contributed by atoms with E-state index in [2.05, 4.69) is 5.32 Å². The highest BCUT2D eigenvalue weighted by Gasteiger charge is 2.17. The highest BCUT2D eigenvalue weighted by Crippen LogP contribution is 2.31. The van der Waals surface area contributed by atoms with E-state index in [0.29, 0.717) is 4.88 Å². The molecule has 0 atom stereocenters. The molecule has 7 heteroatoms. The van der Waals surface area contributed by atoms with Gasteiger partial charge in [0.05, 0.1) is 10.6 Å². The van der Waals surface area contributed by atoms with Crippen molar-refractivity contribution in [3.63, 3.8) is 0 Å². The number of halogens is 2. The third-order valence-corrected chi connectivity index (χ3v) is 4.82. The Bertz CT molecular complexity index is 781. The van der Waals surface area contributed by atoms with Gasteiger partial charge in [-0.05, 0) is 29.6 Å². The maximum absolute atomic E-state index is 13.6. The van der Waals surface area contributed by atoms with Crippen LogP contribution in [-0.4, -0.2) is 5.91 Å². The fraction of sp³-hybridized carbons (Fsp3) is 0. The second-order valence-corrected chi connectivity index (χ2v) is 6.07. The number of carbonyl (C=O) groups excluding carboxylic acids is 1. The normalized spacial score (nSPS) is 10.9. The fourth-order valence-electron chi connectivity index (χ4n) is 1.75.